The fourth-order valence-corrected chi connectivity index (χ4v) is 2.20. The Hall–Kier alpha value is -1.91. The molecule has 1 aliphatic rings. The molecule has 3 nitrogen and oxygen atoms in total. The van der Waals surface area contributed by atoms with E-state index >= 15 is 0 Å². The molecule has 0 radical (unpaired) electrons. The fourth-order valence-electron chi connectivity index (χ4n) is 2.20. The molecule has 1 aromatic heterocycles. The Balaban J connectivity index is 2.25. The summed E-state index contributed by atoms with van der Waals surface area (Å²) < 4.78 is 27.5. The zero-order valence-electron chi connectivity index (χ0n) is 10.9. The maximum Gasteiger partial charge on any atom is 0.136 e. The van der Waals surface area contributed by atoms with Crippen molar-refractivity contribution in [3.63, 3.8) is 0 Å². The smallest absolute Gasteiger partial charge is 0.136 e. The number of benzene rings is 1. The second-order valence-corrected chi connectivity index (χ2v) is 5.12. The van der Waals surface area contributed by atoms with Crippen molar-refractivity contribution < 1.29 is 8.78 Å². The largest absolute Gasteiger partial charge is 0.380 e. The van der Waals surface area contributed by atoms with E-state index in [0.29, 0.717) is 28.3 Å². The molecule has 100 valence electrons. The number of hydrogen-bond donors (Lipinski definition) is 1. The first-order chi connectivity index (χ1) is 9.06. The summed E-state index contributed by atoms with van der Waals surface area (Å²) in [7, 11) is 3.61. The van der Waals surface area contributed by atoms with Crippen LogP contribution in [0.5, 0.6) is 0 Å². The first-order valence-electron chi connectivity index (χ1n) is 6.28. The second kappa shape index (κ2) is 4.33. The average Bonchev–Trinajstić information content (AvgIpc) is 3.11. The standard InChI is InChI=1S/C14H15F2N3/c1-19(2)14-10-5-8(15)6-11(16)13(10)12(7-17-14)18-9-3-4-9/h5-7,9,18H,3-4H2,1-2H3. The van der Waals surface area contributed by atoms with Crippen LogP contribution in [0.4, 0.5) is 20.3 Å². The van der Waals surface area contributed by atoms with E-state index < -0.39 is 11.6 Å². The lowest BCUT2D eigenvalue weighted by molar-refractivity contribution is 0.592. The van der Waals surface area contributed by atoms with Crippen molar-refractivity contribution in [2.24, 2.45) is 0 Å². The van der Waals surface area contributed by atoms with E-state index in [4.69, 9.17) is 0 Å². The van der Waals surface area contributed by atoms with Crippen LogP contribution in [0.25, 0.3) is 10.8 Å². The van der Waals surface area contributed by atoms with Crippen LogP contribution < -0.4 is 10.2 Å². The van der Waals surface area contributed by atoms with Crippen molar-refractivity contribution in [1.29, 1.82) is 0 Å². The summed E-state index contributed by atoms with van der Waals surface area (Å²) in [5.41, 5.74) is 0.639. The third-order valence-electron chi connectivity index (χ3n) is 3.24. The van der Waals surface area contributed by atoms with E-state index in [9.17, 15) is 8.78 Å². The molecule has 0 saturated heterocycles. The van der Waals surface area contributed by atoms with Gasteiger partial charge >= 0.3 is 0 Å². The van der Waals surface area contributed by atoms with Crippen LogP contribution in [-0.2, 0) is 0 Å². The van der Waals surface area contributed by atoms with Crippen LogP contribution in [0.15, 0.2) is 18.3 Å². The van der Waals surface area contributed by atoms with E-state index in [-0.39, 0.29) is 0 Å². The topological polar surface area (TPSA) is 28.2 Å². The summed E-state index contributed by atoms with van der Waals surface area (Å²) in [4.78, 5) is 6.05. The molecule has 1 N–H and O–H groups in total. The number of rotatable bonds is 3. The van der Waals surface area contributed by atoms with Crippen molar-refractivity contribution in [3.8, 4) is 0 Å². The summed E-state index contributed by atoms with van der Waals surface area (Å²) in [6, 6.07) is 2.64. The minimum atomic E-state index is -0.585. The third kappa shape index (κ3) is 2.20. The number of anilines is 2. The van der Waals surface area contributed by atoms with Crippen LogP contribution >= 0.6 is 0 Å². The molecule has 0 bridgehead atoms. The van der Waals surface area contributed by atoms with Crippen molar-refractivity contribution in [3.05, 3.63) is 30.0 Å². The molecule has 5 heteroatoms. The summed E-state index contributed by atoms with van der Waals surface area (Å²) >= 11 is 0. The predicted octanol–water partition coefficient (Wildman–Crippen LogP) is 3.15. The van der Waals surface area contributed by atoms with Gasteiger partial charge in [0, 0.05) is 37.0 Å². The molecule has 0 atom stereocenters. The van der Waals surface area contributed by atoms with E-state index in [1.54, 1.807) is 25.2 Å². The Morgan fingerprint density at radius 1 is 1.26 bits per heavy atom. The molecular weight excluding hydrogens is 248 g/mol. The highest BCUT2D eigenvalue weighted by Crippen LogP contribution is 2.35. The van der Waals surface area contributed by atoms with Crippen molar-refractivity contribution in [2.75, 3.05) is 24.3 Å². The number of halogens is 2. The van der Waals surface area contributed by atoms with Gasteiger partial charge in [-0.1, -0.05) is 0 Å². The summed E-state index contributed by atoms with van der Waals surface area (Å²) in [6.45, 7) is 0. The predicted molar refractivity (Wildman–Crippen MR) is 72.6 cm³/mol. The second-order valence-electron chi connectivity index (χ2n) is 5.12. The molecule has 0 spiro atoms. The summed E-state index contributed by atoms with van der Waals surface area (Å²) in [6.07, 6.45) is 3.79. The lowest BCUT2D eigenvalue weighted by Crippen LogP contribution is -2.12. The quantitative estimate of drug-likeness (QED) is 0.922. The third-order valence-corrected chi connectivity index (χ3v) is 3.24. The number of hydrogen-bond acceptors (Lipinski definition) is 3. The van der Waals surface area contributed by atoms with Crippen LogP contribution in [0.2, 0.25) is 0 Å². The molecule has 1 aromatic carbocycles. The van der Waals surface area contributed by atoms with Crippen LogP contribution in [-0.4, -0.2) is 25.1 Å². The van der Waals surface area contributed by atoms with Gasteiger partial charge < -0.3 is 10.2 Å². The molecule has 0 amide bonds. The highest BCUT2D eigenvalue weighted by atomic mass is 19.1. The van der Waals surface area contributed by atoms with Gasteiger partial charge in [0.05, 0.1) is 11.9 Å². The molecule has 0 unspecified atom stereocenters. The van der Waals surface area contributed by atoms with Crippen LogP contribution in [0.3, 0.4) is 0 Å². The Morgan fingerprint density at radius 3 is 2.63 bits per heavy atom. The van der Waals surface area contributed by atoms with Gasteiger partial charge in [-0.25, -0.2) is 13.8 Å². The Labute approximate surface area is 110 Å². The van der Waals surface area contributed by atoms with Crippen molar-refractivity contribution in [2.45, 2.75) is 18.9 Å². The van der Waals surface area contributed by atoms with Gasteiger partial charge in [0.1, 0.15) is 17.5 Å². The van der Waals surface area contributed by atoms with Gasteiger partial charge in [-0.3, -0.25) is 0 Å². The normalized spacial score (nSPS) is 14.7. The lowest BCUT2D eigenvalue weighted by atomic mass is 10.1. The number of aromatic nitrogens is 1. The van der Waals surface area contributed by atoms with E-state index in [2.05, 4.69) is 10.3 Å². The summed E-state index contributed by atoms with van der Waals surface area (Å²) in [5.74, 6) is -0.572. The van der Waals surface area contributed by atoms with E-state index in [1.807, 2.05) is 0 Å². The van der Waals surface area contributed by atoms with Gasteiger partial charge in [-0.15, -0.1) is 0 Å². The molecule has 1 heterocycles. The molecule has 1 fully saturated rings. The highest BCUT2D eigenvalue weighted by Gasteiger charge is 2.23. The lowest BCUT2D eigenvalue weighted by Gasteiger charge is -2.17. The van der Waals surface area contributed by atoms with Gasteiger partial charge in [0.15, 0.2) is 0 Å². The maximum atomic E-state index is 14.1. The van der Waals surface area contributed by atoms with Gasteiger partial charge in [0.25, 0.3) is 0 Å². The molecule has 19 heavy (non-hydrogen) atoms. The number of fused-ring (bicyclic) bond motifs is 1. The zero-order valence-corrected chi connectivity index (χ0v) is 10.9. The Bertz CT molecular complexity index is 636. The zero-order chi connectivity index (χ0) is 13.6. The minimum absolute atomic E-state index is 0.389. The van der Waals surface area contributed by atoms with Gasteiger partial charge in [-0.2, -0.15) is 0 Å². The number of nitrogens with zero attached hydrogens (tertiary/aromatic N) is 2. The minimum Gasteiger partial charge on any atom is -0.380 e. The first kappa shape index (κ1) is 12.1. The monoisotopic (exact) mass is 263 g/mol. The first-order valence-corrected chi connectivity index (χ1v) is 6.28. The van der Waals surface area contributed by atoms with Gasteiger partial charge in [0.2, 0.25) is 0 Å². The Kier molecular flexibility index (Phi) is 2.77. The molecule has 3 rings (SSSR count). The molecule has 2 aromatic rings. The summed E-state index contributed by atoms with van der Waals surface area (Å²) in [5, 5.41) is 4.14. The molecule has 1 aliphatic carbocycles. The number of nitrogens with one attached hydrogen (secondary N) is 1. The van der Waals surface area contributed by atoms with Crippen LogP contribution in [0.1, 0.15) is 12.8 Å². The van der Waals surface area contributed by atoms with Crippen LogP contribution in [0, 0.1) is 11.6 Å². The molecular formula is C14H15F2N3. The maximum absolute atomic E-state index is 14.1. The van der Waals surface area contributed by atoms with Crippen molar-refractivity contribution in [1.82, 2.24) is 4.98 Å². The van der Waals surface area contributed by atoms with Gasteiger partial charge in [-0.05, 0) is 18.9 Å². The number of pyridine rings is 1. The molecule has 1 saturated carbocycles. The fraction of sp³-hybridized carbons (Fsp3) is 0.357. The Morgan fingerprint density at radius 2 is 2.00 bits per heavy atom. The molecule has 0 aliphatic heterocycles. The van der Waals surface area contributed by atoms with E-state index in [0.717, 1.165) is 18.9 Å². The SMILES string of the molecule is CN(C)c1ncc(NC2CC2)c2c(F)cc(F)cc12. The highest BCUT2D eigenvalue weighted by molar-refractivity contribution is 6.00. The average molecular weight is 263 g/mol. The van der Waals surface area contributed by atoms with E-state index in [1.165, 1.54) is 6.07 Å². The van der Waals surface area contributed by atoms with Crippen molar-refractivity contribution >= 4 is 22.3 Å².